The van der Waals surface area contributed by atoms with Crippen molar-refractivity contribution in [2.75, 3.05) is 67.9 Å². The molecule has 0 spiro atoms. The largest absolute Gasteiger partial charge is 0.500 e. The number of unbranched alkanes of at least 4 members (excludes halogenated alkanes) is 1. The van der Waals surface area contributed by atoms with E-state index in [2.05, 4.69) is 14.1 Å². The van der Waals surface area contributed by atoms with Crippen LogP contribution >= 0.6 is 0 Å². The number of sulfonamides is 1. The second-order valence-corrected chi connectivity index (χ2v) is 12.1. The van der Waals surface area contributed by atoms with Gasteiger partial charge in [0.25, 0.3) is 0 Å². The minimum atomic E-state index is -3.13. The van der Waals surface area contributed by atoms with Gasteiger partial charge < -0.3 is 17.8 Å². The zero-order chi connectivity index (χ0) is 18.9. The Morgan fingerprint density at radius 2 is 1.54 bits per heavy atom. The van der Waals surface area contributed by atoms with Gasteiger partial charge in [-0.2, -0.15) is 4.31 Å². The third-order valence-corrected chi connectivity index (χ3v) is 9.20. The van der Waals surface area contributed by atoms with Crippen molar-refractivity contribution in [1.29, 1.82) is 0 Å². The average Bonchev–Trinajstić information content (AvgIpc) is 2.55. The van der Waals surface area contributed by atoms with Gasteiger partial charge in [-0.1, -0.05) is 13.3 Å². The van der Waals surface area contributed by atoms with Gasteiger partial charge in [0.05, 0.1) is 39.5 Å². The first kappa shape index (κ1) is 24.0. The summed E-state index contributed by atoms with van der Waals surface area (Å²) in [5, 5.41) is 0. The van der Waals surface area contributed by atoms with Crippen LogP contribution in [0.4, 0.5) is 0 Å². The van der Waals surface area contributed by atoms with Crippen LogP contribution in [0.2, 0.25) is 6.04 Å². The molecule has 0 aromatic carbocycles. The number of likely N-dealkylation sites (N-methyl/N-ethyl adjacent to an activating group) is 2. The summed E-state index contributed by atoms with van der Waals surface area (Å²) >= 11 is 0. The van der Waals surface area contributed by atoms with Crippen molar-refractivity contribution in [1.82, 2.24) is 4.31 Å². The zero-order valence-electron chi connectivity index (χ0n) is 16.5. The fraction of sp³-hybridized carbons (Fsp3) is 1.00. The maximum Gasteiger partial charge on any atom is 0.500 e. The summed E-state index contributed by atoms with van der Waals surface area (Å²) in [5.41, 5.74) is 0. The minimum absolute atomic E-state index is 0.233. The van der Waals surface area contributed by atoms with Gasteiger partial charge in [0, 0.05) is 40.8 Å². The summed E-state index contributed by atoms with van der Waals surface area (Å²) in [6, 6.07) is 0.753. The van der Waals surface area contributed by atoms with Crippen LogP contribution in [0.25, 0.3) is 0 Å². The molecule has 24 heavy (non-hydrogen) atoms. The number of quaternary nitrogens is 1. The minimum Gasteiger partial charge on any atom is -0.377 e. The molecule has 0 heterocycles. The van der Waals surface area contributed by atoms with Crippen LogP contribution in [-0.2, 0) is 23.3 Å². The third-order valence-electron chi connectivity index (χ3n) is 4.43. The van der Waals surface area contributed by atoms with E-state index in [0.717, 1.165) is 36.5 Å². The molecule has 0 aliphatic heterocycles. The van der Waals surface area contributed by atoms with Gasteiger partial charge >= 0.3 is 8.80 Å². The van der Waals surface area contributed by atoms with Crippen LogP contribution in [0.1, 0.15) is 26.2 Å². The van der Waals surface area contributed by atoms with Crippen LogP contribution < -0.4 is 0 Å². The zero-order valence-corrected chi connectivity index (χ0v) is 18.3. The van der Waals surface area contributed by atoms with E-state index in [0.29, 0.717) is 13.0 Å². The Morgan fingerprint density at radius 1 is 1.00 bits per heavy atom. The number of rotatable bonds is 14. The standard InChI is InChI=1S/C15H37N2O5SSi/c1-8-9-14-23(18,19)16(2)11-13-17(3,4)12-10-15-24(20-5,21-6)22-7/h8-15H2,1-7H3/q+1. The molecule has 146 valence electrons. The van der Waals surface area contributed by atoms with E-state index in [-0.39, 0.29) is 5.75 Å². The maximum absolute atomic E-state index is 12.1. The second-order valence-electron chi connectivity index (χ2n) is 6.77. The van der Waals surface area contributed by atoms with Crippen molar-refractivity contribution < 1.29 is 26.2 Å². The molecular weight excluding hydrogens is 348 g/mol. The van der Waals surface area contributed by atoms with Gasteiger partial charge in [-0.15, -0.1) is 0 Å². The van der Waals surface area contributed by atoms with Gasteiger partial charge in [0.1, 0.15) is 0 Å². The van der Waals surface area contributed by atoms with Crippen LogP contribution in [-0.4, -0.2) is 93.9 Å². The van der Waals surface area contributed by atoms with Gasteiger partial charge in [-0.25, -0.2) is 8.42 Å². The Kier molecular flexibility index (Phi) is 10.8. The van der Waals surface area contributed by atoms with Crippen LogP contribution in [0.3, 0.4) is 0 Å². The normalized spacial score (nSPS) is 13.7. The molecule has 0 fully saturated rings. The van der Waals surface area contributed by atoms with E-state index in [1.165, 1.54) is 4.31 Å². The predicted octanol–water partition coefficient (Wildman–Crippen LogP) is 1.39. The Labute approximate surface area is 149 Å². The first-order valence-corrected chi connectivity index (χ1v) is 12.0. The lowest BCUT2D eigenvalue weighted by atomic mass is 10.3. The molecule has 9 heteroatoms. The molecule has 0 saturated carbocycles. The van der Waals surface area contributed by atoms with Crippen molar-refractivity contribution in [2.45, 2.75) is 32.2 Å². The van der Waals surface area contributed by atoms with E-state index in [4.69, 9.17) is 13.3 Å². The molecule has 7 nitrogen and oxygen atoms in total. The first-order chi connectivity index (χ1) is 11.1. The van der Waals surface area contributed by atoms with E-state index in [1.807, 2.05) is 6.92 Å². The first-order valence-electron chi connectivity index (χ1n) is 8.49. The maximum atomic E-state index is 12.1. The lowest BCUT2D eigenvalue weighted by Crippen LogP contribution is -2.48. The SMILES string of the molecule is CCCCS(=O)(=O)N(C)CC[N+](C)(C)CCC[Si](OC)(OC)OC. The van der Waals surface area contributed by atoms with E-state index in [9.17, 15) is 8.42 Å². The lowest BCUT2D eigenvalue weighted by Gasteiger charge is -2.32. The molecule has 0 aliphatic rings. The molecule has 0 aliphatic carbocycles. The molecule has 0 radical (unpaired) electrons. The molecule has 0 aromatic rings. The summed E-state index contributed by atoms with van der Waals surface area (Å²) in [5.74, 6) is 0.233. The predicted molar refractivity (Wildman–Crippen MR) is 99.4 cm³/mol. The van der Waals surface area contributed by atoms with Gasteiger partial charge in [0.2, 0.25) is 10.0 Å². The highest BCUT2D eigenvalue weighted by atomic mass is 32.2. The van der Waals surface area contributed by atoms with Gasteiger partial charge in [-0.05, 0) is 6.42 Å². The van der Waals surface area contributed by atoms with Crippen LogP contribution in [0.5, 0.6) is 0 Å². The van der Waals surface area contributed by atoms with E-state index >= 15 is 0 Å². The van der Waals surface area contributed by atoms with E-state index < -0.39 is 18.8 Å². The molecule has 0 bridgehead atoms. The molecule has 0 aromatic heterocycles. The number of nitrogens with zero attached hydrogens (tertiary/aromatic N) is 2. The number of hydrogen-bond donors (Lipinski definition) is 0. The Bertz CT molecular complexity index is 433. The molecule has 0 rings (SSSR count). The summed E-state index contributed by atoms with van der Waals surface area (Å²) < 4.78 is 42.8. The monoisotopic (exact) mass is 385 g/mol. The molecule has 0 amide bonds. The Hall–Kier alpha value is -0.0331. The van der Waals surface area contributed by atoms with Gasteiger partial charge in [-0.3, -0.25) is 0 Å². The summed E-state index contributed by atoms with van der Waals surface area (Å²) in [4.78, 5) is 0. The molecule has 0 atom stereocenters. The van der Waals surface area contributed by atoms with Crippen molar-refractivity contribution >= 4 is 18.8 Å². The van der Waals surface area contributed by atoms with Gasteiger partial charge in [0.15, 0.2) is 0 Å². The number of hydrogen-bond acceptors (Lipinski definition) is 5. The summed E-state index contributed by atoms with van der Waals surface area (Å²) in [6.45, 7) is 4.20. The summed E-state index contributed by atoms with van der Waals surface area (Å²) in [7, 11) is 5.10. The fourth-order valence-electron chi connectivity index (χ4n) is 2.42. The second kappa shape index (κ2) is 10.8. The molecular formula is C15H37N2O5SSi+. The van der Waals surface area contributed by atoms with E-state index in [1.54, 1.807) is 28.4 Å². The highest BCUT2D eigenvalue weighted by molar-refractivity contribution is 7.89. The highest BCUT2D eigenvalue weighted by Crippen LogP contribution is 2.16. The van der Waals surface area contributed by atoms with Crippen molar-refractivity contribution in [2.24, 2.45) is 0 Å². The average molecular weight is 386 g/mol. The fourth-order valence-corrected chi connectivity index (χ4v) is 5.45. The van der Waals surface area contributed by atoms with Crippen molar-refractivity contribution in [3.05, 3.63) is 0 Å². The molecule has 0 unspecified atom stereocenters. The van der Waals surface area contributed by atoms with Crippen LogP contribution in [0.15, 0.2) is 0 Å². The van der Waals surface area contributed by atoms with Crippen molar-refractivity contribution in [3.8, 4) is 0 Å². The third kappa shape index (κ3) is 8.37. The Balaban J connectivity index is 4.40. The van der Waals surface area contributed by atoms with Crippen molar-refractivity contribution in [3.63, 3.8) is 0 Å². The smallest absolute Gasteiger partial charge is 0.377 e. The lowest BCUT2D eigenvalue weighted by molar-refractivity contribution is -0.889. The molecule has 0 saturated heterocycles. The molecule has 0 N–H and O–H groups in total. The van der Waals surface area contributed by atoms with Crippen LogP contribution in [0, 0.1) is 0 Å². The quantitative estimate of drug-likeness (QED) is 0.334. The topological polar surface area (TPSA) is 65.1 Å². The highest BCUT2D eigenvalue weighted by Gasteiger charge is 2.37. The Morgan fingerprint density at radius 3 is 2.00 bits per heavy atom. The summed E-state index contributed by atoms with van der Waals surface area (Å²) in [6.07, 6.45) is 2.50.